The average molecular weight is 367 g/mol. The van der Waals surface area contributed by atoms with Crippen LogP contribution in [-0.2, 0) is 14.1 Å². The minimum absolute atomic E-state index is 0.0624. The smallest absolute Gasteiger partial charge is 0.400 e. The van der Waals surface area contributed by atoms with Crippen LogP contribution in [0.2, 0.25) is 5.02 Å². The highest BCUT2D eigenvalue weighted by molar-refractivity contribution is 8.13. The highest BCUT2D eigenvalue weighted by Gasteiger charge is 2.52. The predicted octanol–water partition coefficient (Wildman–Crippen LogP) is 4.94. The first-order chi connectivity index (χ1) is 11.0. The number of hydrogen-bond donors (Lipinski definition) is 0. The van der Waals surface area contributed by atoms with Gasteiger partial charge < -0.3 is 9.31 Å². The van der Waals surface area contributed by atoms with Gasteiger partial charge in [-0.3, -0.25) is 4.79 Å². The molecule has 1 aromatic rings. The summed E-state index contributed by atoms with van der Waals surface area (Å²) < 4.78 is 12.3. The molecule has 1 aliphatic rings. The topological polar surface area (TPSA) is 35.5 Å². The maximum Gasteiger partial charge on any atom is 0.491 e. The summed E-state index contributed by atoms with van der Waals surface area (Å²) in [5.41, 5.74) is 2.06. The number of carbonyl (C=O) groups is 1. The fourth-order valence-electron chi connectivity index (χ4n) is 2.31. The van der Waals surface area contributed by atoms with Gasteiger partial charge in [0.25, 0.3) is 0 Å². The molecule has 3 nitrogen and oxygen atoms in total. The molecule has 24 heavy (non-hydrogen) atoms. The summed E-state index contributed by atoms with van der Waals surface area (Å²) in [4.78, 5) is 11.4. The van der Waals surface area contributed by atoms with Gasteiger partial charge in [0.1, 0.15) is 0 Å². The van der Waals surface area contributed by atoms with Gasteiger partial charge in [-0.1, -0.05) is 41.6 Å². The summed E-state index contributed by atoms with van der Waals surface area (Å²) in [6.45, 7) is 11.6. The van der Waals surface area contributed by atoms with Gasteiger partial charge >= 0.3 is 7.12 Å². The van der Waals surface area contributed by atoms with E-state index in [-0.39, 0.29) is 5.12 Å². The Morgan fingerprint density at radius 2 is 1.83 bits per heavy atom. The lowest BCUT2D eigenvalue weighted by atomic mass is 9.78. The van der Waals surface area contributed by atoms with Crippen LogP contribution in [0.15, 0.2) is 23.7 Å². The second-order valence-electron chi connectivity index (χ2n) is 7.11. The summed E-state index contributed by atoms with van der Waals surface area (Å²) >= 11 is 7.60. The van der Waals surface area contributed by atoms with Crippen LogP contribution in [-0.4, -0.2) is 29.2 Å². The SMILES string of the molecule is CC(=O)SCC(=Cc1ccc(C)cc1Cl)B1OC(C)(C)C(C)(C)O1. The van der Waals surface area contributed by atoms with Crippen LogP contribution < -0.4 is 0 Å². The van der Waals surface area contributed by atoms with Gasteiger partial charge in [0.15, 0.2) is 5.12 Å². The first-order valence-corrected chi connectivity index (χ1v) is 9.34. The Morgan fingerprint density at radius 1 is 1.25 bits per heavy atom. The first kappa shape index (κ1) is 19.6. The molecule has 0 aromatic heterocycles. The van der Waals surface area contributed by atoms with Gasteiger partial charge in [0.05, 0.1) is 11.2 Å². The molecule has 1 fully saturated rings. The van der Waals surface area contributed by atoms with Crippen LogP contribution in [0.3, 0.4) is 0 Å². The van der Waals surface area contributed by atoms with Gasteiger partial charge in [-0.25, -0.2) is 0 Å². The second kappa shape index (κ2) is 7.24. The average Bonchev–Trinajstić information content (AvgIpc) is 2.65. The summed E-state index contributed by atoms with van der Waals surface area (Å²) in [5, 5.41) is 0.740. The van der Waals surface area contributed by atoms with E-state index in [0.717, 1.165) is 16.6 Å². The zero-order valence-electron chi connectivity index (χ0n) is 15.1. The fourth-order valence-corrected chi connectivity index (χ4v) is 3.19. The van der Waals surface area contributed by atoms with Crippen molar-refractivity contribution in [1.29, 1.82) is 0 Å². The number of rotatable bonds is 4. The number of halogens is 1. The molecule has 0 unspecified atom stereocenters. The minimum Gasteiger partial charge on any atom is -0.400 e. The zero-order chi connectivity index (χ0) is 18.1. The molecular formula is C18H24BClO3S. The van der Waals surface area contributed by atoms with Crippen LogP contribution in [0.1, 0.15) is 45.7 Å². The van der Waals surface area contributed by atoms with Gasteiger partial charge in [-0.2, -0.15) is 0 Å². The van der Waals surface area contributed by atoms with Crippen LogP contribution in [0.5, 0.6) is 0 Å². The molecule has 1 saturated heterocycles. The molecule has 1 aromatic carbocycles. The standard InChI is InChI=1S/C18H24BClO3S/c1-12-7-8-14(16(20)9-12)10-15(11-24-13(2)21)19-22-17(3,4)18(5,6)23-19/h7-10H,11H2,1-6H3. The van der Waals surface area contributed by atoms with Crippen LogP contribution in [0, 0.1) is 6.92 Å². The van der Waals surface area contributed by atoms with E-state index in [4.69, 9.17) is 20.9 Å². The highest BCUT2D eigenvalue weighted by atomic mass is 35.5. The van der Waals surface area contributed by atoms with E-state index in [1.807, 2.05) is 58.9 Å². The molecule has 130 valence electrons. The van der Waals surface area contributed by atoms with E-state index in [1.165, 1.54) is 11.8 Å². The molecule has 0 bridgehead atoms. The molecule has 0 radical (unpaired) electrons. The van der Waals surface area contributed by atoms with Crippen molar-refractivity contribution in [3.8, 4) is 0 Å². The van der Waals surface area contributed by atoms with Crippen LogP contribution in [0.25, 0.3) is 6.08 Å². The number of thioether (sulfide) groups is 1. The second-order valence-corrected chi connectivity index (χ2v) is 8.67. The Morgan fingerprint density at radius 3 is 2.33 bits per heavy atom. The van der Waals surface area contributed by atoms with Crippen molar-refractivity contribution in [2.75, 3.05) is 5.75 Å². The quantitative estimate of drug-likeness (QED) is 0.707. The third kappa shape index (κ3) is 4.45. The first-order valence-electron chi connectivity index (χ1n) is 7.97. The molecule has 0 N–H and O–H groups in total. The van der Waals surface area contributed by atoms with Crippen molar-refractivity contribution in [2.45, 2.75) is 52.7 Å². The monoisotopic (exact) mass is 366 g/mol. The summed E-state index contributed by atoms with van der Waals surface area (Å²) in [6.07, 6.45) is 1.97. The molecular weight excluding hydrogens is 343 g/mol. The van der Waals surface area contributed by atoms with Gasteiger partial charge in [-0.05, 0) is 57.3 Å². The number of aryl methyl sites for hydroxylation is 1. The molecule has 0 atom stereocenters. The van der Waals surface area contributed by atoms with E-state index < -0.39 is 18.3 Å². The van der Waals surface area contributed by atoms with Crippen molar-refractivity contribution in [2.24, 2.45) is 0 Å². The Kier molecular flexibility index (Phi) is 5.91. The zero-order valence-corrected chi connectivity index (χ0v) is 16.7. The van der Waals surface area contributed by atoms with Crippen molar-refractivity contribution < 1.29 is 14.1 Å². The minimum atomic E-state index is -0.487. The molecule has 1 heterocycles. The maximum absolute atomic E-state index is 11.4. The third-order valence-electron chi connectivity index (χ3n) is 4.49. The molecule has 0 amide bonds. The third-order valence-corrected chi connectivity index (χ3v) is 5.71. The van der Waals surface area contributed by atoms with E-state index >= 15 is 0 Å². The molecule has 0 saturated carbocycles. The molecule has 6 heteroatoms. The van der Waals surface area contributed by atoms with Gasteiger partial charge in [0, 0.05) is 17.7 Å². The normalized spacial score (nSPS) is 19.6. The molecule has 1 aliphatic heterocycles. The van der Waals surface area contributed by atoms with Crippen molar-refractivity contribution in [1.82, 2.24) is 0 Å². The molecule has 0 aliphatic carbocycles. The molecule has 2 rings (SSSR count). The van der Waals surface area contributed by atoms with Crippen molar-refractivity contribution in [3.63, 3.8) is 0 Å². The van der Waals surface area contributed by atoms with E-state index in [9.17, 15) is 4.79 Å². The Labute approximate surface area is 154 Å². The van der Waals surface area contributed by atoms with Crippen molar-refractivity contribution >= 4 is 41.7 Å². The van der Waals surface area contributed by atoms with Gasteiger partial charge in [-0.15, -0.1) is 0 Å². The molecule has 0 spiro atoms. The Balaban J connectivity index is 2.35. The van der Waals surface area contributed by atoms with Crippen molar-refractivity contribution in [3.05, 3.63) is 39.8 Å². The lowest BCUT2D eigenvalue weighted by Gasteiger charge is -2.32. The maximum atomic E-state index is 11.4. The lowest BCUT2D eigenvalue weighted by molar-refractivity contribution is -0.109. The Bertz CT molecular complexity index is 654. The Hall–Kier alpha value is -0.745. The van der Waals surface area contributed by atoms with Crippen LogP contribution in [0.4, 0.5) is 0 Å². The predicted molar refractivity (Wildman–Crippen MR) is 103 cm³/mol. The van der Waals surface area contributed by atoms with Gasteiger partial charge in [0.2, 0.25) is 0 Å². The van der Waals surface area contributed by atoms with E-state index in [1.54, 1.807) is 6.92 Å². The fraction of sp³-hybridized carbons (Fsp3) is 0.500. The highest BCUT2D eigenvalue weighted by Crippen LogP contribution is 2.39. The van der Waals surface area contributed by atoms with E-state index in [0.29, 0.717) is 10.8 Å². The largest absolute Gasteiger partial charge is 0.491 e. The number of carbonyl (C=O) groups excluding carboxylic acids is 1. The lowest BCUT2D eigenvalue weighted by Crippen LogP contribution is -2.41. The summed E-state index contributed by atoms with van der Waals surface area (Å²) in [6, 6.07) is 5.91. The number of hydrogen-bond acceptors (Lipinski definition) is 4. The summed E-state index contributed by atoms with van der Waals surface area (Å²) in [7, 11) is -0.487. The number of benzene rings is 1. The van der Waals surface area contributed by atoms with Crippen LogP contribution >= 0.6 is 23.4 Å². The van der Waals surface area contributed by atoms with E-state index in [2.05, 4.69) is 0 Å². The summed E-state index contributed by atoms with van der Waals surface area (Å²) in [5.74, 6) is 0.510.